The smallest absolute Gasteiger partial charge is 0.477 e. The van der Waals surface area contributed by atoms with E-state index in [-0.39, 0.29) is 119 Å². The van der Waals surface area contributed by atoms with Gasteiger partial charge in [-0.3, -0.25) is 4.79 Å². The van der Waals surface area contributed by atoms with Gasteiger partial charge < -0.3 is 62.7 Å². The fourth-order valence-corrected chi connectivity index (χ4v) is 15.5. The SMILES string of the molecule is C=C(C)C(=O)OC(C)CC(O)(C(F)(F)F)C(F)(F)F.C=C(C)C(=O)OC(CC)C(F)(F)C(=O)O.C=C(C)C(=O)OC(CC)C(F)(F)C(=O)OC(C)(C)C.C=C(C)C(=O)OC1(C(C)C)CCCC1.C=C(C)C(=O)OC1(CC)CCCCCCC1.C=C(C)C(=O)OC1C2CC3C(=O)OC1C3C2.C=C(C)C(=O)OC1CC2CC1CC2CC(O)(C(F)(F)F)C(F)(F)F.C=C(C)C(=O)OCCNS(=O)(=O)C(F)(F)F. The van der Waals surface area contributed by atoms with Crippen molar-refractivity contribution in [3.63, 3.8) is 0 Å². The zero-order valence-corrected chi connectivity index (χ0v) is 81.6. The summed E-state index contributed by atoms with van der Waals surface area (Å²) in [5.41, 5.74) is -15.1. The van der Waals surface area contributed by atoms with E-state index >= 15 is 0 Å². The highest BCUT2D eigenvalue weighted by Crippen LogP contribution is 2.58. The number of sulfonamides is 1. The molecule has 0 aromatic carbocycles. The summed E-state index contributed by atoms with van der Waals surface area (Å²) in [5, 5.41) is 26.4. The molecule has 7 aliphatic rings. The predicted octanol–water partition coefficient (Wildman–Crippen LogP) is 19.6. The van der Waals surface area contributed by atoms with Crippen LogP contribution >= 0.6 is 0 Å². The third-order valence-corrected chi connectivity index (χ3v) is 24.1. The summed E-state index contributed by atoms with van der Waals surface area (Å²) in [6.45, 7) is 51.8. The van der Waals surface area contributed by atoms with Crippen molar-refractivity contribution in [2.24, 2.45) is 41.4 Å². The molecule has 6 aliphatic carbocycles. The van der Waals surface area contributed by atoms with Crippen LogP contribution in [0.5, 0.6) is 0 Å². The molecule has 0 aromatic heterocycles. The van der Waals surface area contributed by atoms with Crippen LogP contribution in [0.4, 0.5) is 83.4 Å². The Morgan fingerprint density at radius 3 is 1.24 bits per heavy atom. The van der Waals surface area contributed by atoms with Gasteiger partial charge in [-0.2, -0.15) is 83.4 Å². The van der Waals surface area contributed by atoms with E-state index in [1.165, 1.54) is 119 Å². The lowest BCUT2D eigenvalue weighted by molar-refractivity contribution is -0.374. The lowest BCUT2D eigenvalue weighted by atomic mass is 9.79. The third kappa shape index (κ3) is 38.8. The Labute approximate surface area is 795 Å². The monoisotopic (exact) mass is 2060 g/mol. The van der Waals surface area contributed by atoms with Crippen molar-refractivity contribution in [2.45, 2.75) is 359 Å². The fourth-order valence-electron chi connectivity index (χ4n) is 15.0. The van der Waals surface area contributed by atoms with Gasteiger partial charge in [0, 0.05) is 69.4 Å². The molecule has 4 bridgehead atoms. The van der Waals surface area contributed by atoms with E-state index in [0.717, 1.165) is 51.9 Å². The van der Waals surface area contributed by atoms with Crippen LogP contribution in [0.1, 0.15) is 253 Å². The second-order valence-corrected chi connectivity index (χ2v) is 38.2. The van der Waals surface area contributed by atoms with Crippen molar-refractivity contribution in [1.29, 1.82) is 0 Å². The number of alkyl halides is 19. The van der Waals surface area contributed by atoms with Crippen LogP contribution < -0.4 is 4.72 Å². The summed E-state index contributed by atoms with van der Waals surface area (Å²) in [6, 6.07) is 0. The molecule has 27 nitrogen and oxygen atoms in total. The summed E-state index contributed by atoms with van der Waals surface area (Å²) >= 11 is 0. The van der Waals surface area contributed by atoms with Gasteiger partial charge in [0.15, 0.2) is 12.2 Å². The van der Waals surface area contributed by atoms with Crippen molar-refractivity contribution in [3.8, 4) is 0 Å². The van der Waals surface area contributed by atoms with Gasteiger partial charge in [0.1, 0.15) is 47.8 Å². The molecule has 1 heterocycles. The third-order valence-electron chi connectivity index (χ3n) is 22.9. The number of hydrogen-bond acceptors (Lipinski definition) is 25. The summed E-state index contributed by atoms with van der Waals surface area (Å²) in [4.78, 5) is 123. The molecule has 0 radical (unpaired) electrons. The Bertz CT molecular complexity index is 4410. The zero-order chi connectivity index (χ0) is 109. The number of nitrogens with one attached hydrogen (secondary N) is 1. The first-order valence-electron chi connectivity index (χ1n) is 44.0. The minimum atomic E-state index is -5.94. The number of carboxylic acid groups (broad SMARTS) is 1. The lowest BCUT2D eigenvalue weighted by Gasteiger charge is -2.37. The maximum Gasteiger partial charge on any atom is 0.511 e. The number of hydrogen-bond donors (Lipinski definition) is 4. The molecule has 4 N–H and O–H groups in total. The minimum Gasteiger partial charge on any atom is -0.477 e. The van der Waals surface area contributed by atoms with Gasteiger partial charge in [-0.15, -0.1) is 0 Å². The quantitative estimate of drug-likeness (QED) is 0.0165. The van der Waals surface area contributed by atoms with E-state index in [0.29, 0.717) is 35.0 Å². The first kappa shape index (κ1) is 130. The molecule has 0 amide bonds. The number of ether oxygens (including phenoxy) is 10. The van der Waals surface area contributed by atoms with Gasteiger partial charge in [-0.25, -0.2) is 61.1 Å². The van der Waals surface area contributed by atoms with Crippen LogP contribution in [-0.2, 0) is 110 Å². The topological polar surface area (TPSA) is 387 Å². The molecule has 12 atom stereocenters. The van der Waals surface area contributed by atoms with Crippen LogP contribution in [0.2, 0.25) is 0 Å². The maximum atomic E-state index is 13.9. The highest BCUT2D eigenvalue weighted by Gasteiger charge is 2.73. The molecule has 0 aromatic rings. The van der Waals surface area contributed by atoms with Crippen molar-refractivity contribution < 1.29 is 207 Å². The van der Waals surface area contributed by atoms with Crippen LogP contribution in [0, 0.1) is 41.4 Å². The van der Waals surface area contributed by atoms with Gasteiger partial charge in [0.25, 0.3) is 11.2 Å². The Balaban J connectivity index is 0.00000157. The highest BCUT2D eigenvalue weighted by molar-refractivity contribution is 7.90. The molecule has 12 unspecified atom stereocenters. The Morgan fingerprint density at radius 1 is 0.482 bits per heavy atom. The van der Waals surface area contributed by atoms with Crippen LogP contribution in [0.3, 0.4) is 0 Å². The van der Waals surface area contributed by atoms with Gasteiger partial charge in [0.2, 0.25) is 0 Å². The van der Waals surface area contributed by atoms with E-state index < -0.39 is 173 Å². The maximum absolute atomic E-state index is 13.9. The molecule has 1 saturated heterocycles. The first-order chi connectivity index (χ1) is 62.8. The normalized spacial score (nSPS) is 21.3. The standard InChI is InChI=1S/C15H18F6O3.C14H24O2.C13H20F2O4.C12H14O4.C12H20O2.C10H12F6O3.C9H12F2O4.C7H10F3NO4S/c1-7(2)12(22)24-11-5-8-3-9(11)4-10(8)6-13(23,14(16,17)18)15(19,20)21;1-4-14(16-13(15)12(2)3)10-8-6-5-7-9-11-14;1-7-9(18-10(16)8(2)3)13(14,15)11(17)19-12(4,5)6;1-5(2)11(13)15-9-6-3-7-8(4-6)12(14)16-10(7)9;1-9(2)11(13)14-12(10(3)4)7-5-6-8-12;1-5(2)7(17)19-6(3)4-8(18,9(11,12)13)10(14,15)16;1-4-6(9(10,11)8(13)14)15-7(12)5(2)3;1-5(2)6(12)15-4-3-11-16(13,14)7(8,9)10/h8-11,23H,1,3-6H2,2H3;2,4-11H2,1,3H3;9H,2,7H2,1,3-6H3;6-10H,1,3-4H2,2H3;10H,1,5-8H2,2-4H3;6,18H,1,4H2,2-3H3;6H,2,4H2,1,3H3,(H,13,14);11H,1,3-4H2,2H3. The average Bonchev–Trinajstić information content (AvgIpc) is 1.57. The Hall–Kier alpha value is -9.41. The lowest BCUT2D eigenvalue weighted by Crippen LogP contribution is -2.58. The molecule has 798 valence electrons. The number of esters is 10. The van der Waals surface area contributed by atoms with Crippen molar-refractivity contribution in [2.75, 3.05) is 13.2 Å². The number of carboxylic acids is 1. The van der Waals surface area contributed by atoms with Gasteiger partial charge in [-0.1, -0.05) is 107 Å². The van der Waals surface area contributed by atoms with Gasteiger partial charge in [-0.05, 0) is 216 Å². The molecule has 7 fully saturated rings. The van der Waals surface area contributed by atoms with E-state index in [1.54, 1.807) is 20.8 Å². The number of aliphatic hydroxyl groups is 2. The number of rotatable bonds is 31. The molecular formula is C92H130F19NO26S. The molecular weight excluding hydrogens is 1930 g/mol. The van der Waals surface area contributed by atoms with Crippen molar-refractivity contribution in [3.05, 3.63) is 97.2 Å². The average molecular weight is 2060 g/mol. The molecule has 7 rings (SSSR count). The van der Waals surface area contributed by atoms with Crippen LogP contribution in [-0.4, -0.2) is 209 Å². The van der Waals surface area contributed by atoms with E-state index in [4.69, 9.17) is 33.9 Å². The number of carbonyl (C=O) groups is 11. The van der Waals surface area contributed by atoms with E-state index in [9.17, 15) is 150 Å². The fraction of sp³-hybridized carbons (Fsp3) is 0.707. The largest absolute Gasteiger partial charge is 0.511 e. The predicted molar refractivity (Wildman–Crippen MR) is 462 cm³/mol. The van der Waals surface area contributed by atoms with E-state index in [1.807, 2.05) is 0 Å². The minimum absolute atomic E-state index is 0.0153. The van der Waals surface area contributed by atoms with E-state index in [2.05, 4.69) is 97.1 Å². The summed E-state index contributed by atoms with van der Waals surface area (Å²) in [6.07, 6.45) is -17.9. The molecule has 6 saturated carbocycles. The second kappa shape index (κ2) is 53.1. The summed E-state index contributed by atoms with van der Waals surface area (Å²) in [5.74, 6) is -18.1. The number of carbonyl (C=O) groups excluding carboxylic acids is 10. The van der Waals surface area contributed by atoms with Crippen molar-refractivity contribution >= 4 is 75.7 Å². The molecule has 47 heteroatoms. The Morgan fingerprint density at radius 2 is 0.878 bits per heavy atom. The molecule has 139 heavy (non-hydrogen) atoms. The number of aliphatic carboxylic acids is 1. The number of fused-ring (bicyclic) bond motifs is 3. The first-order valence-corrected chi connectivity index (χ1v) is 45.5. The van der Waals surface area contributed by atoms with Gasteiger partial charge in [0.05, 0.1) is 5.92 Å². The highest BCUT2D eigenvalue weighted by atomic mass is 32.2. The molecule has 1 aliphatic heterocycles. The second-order valence-electron chi connectivity index (χ2n) is 36.4. The summed E-state index contributed by atoms with van der Waals surface area (Å²) < 4.78 is 311. The van der Waals surface area contributed by atoms with Crippen LogP contribution in [0.15, 0.2) is 97.2 Å². The molecule has 0 spiro atoms. The van der Waals surface area contributed by atoms with Crippen LogP contribution in [0.25, 0.3) is 0 Å². The summed E-state index contributed by atoms with van der Waals surface area (Å²) in [7, 11) is -5.38. The zero-order valence-electron chi connectivity index (χ0n) is 80.7. The van der Waals surface area contributed by atoms with Gasteiger partial charge >= 0.3 is 118 Å². The van der Waals surface area contributed by atoms with Crippen molar-refractivity contribution in [1.82, 2.24) is 4.72 Å². The number of halogens is 19. The Kier molecular flexibility index (Phi) is 49.5.